The van der Waals surface area contributed by atoms with Gasteiger partial charge in [-0.15, -0.1) is 0 Å². The lowest BCUT2D eigenvalue weighted by Gasteiger charge is -2.31. The molecule has 2 atom stereocenters. The van der Waals surface area contributed by atoms with Gasteiger partial charge in [-0.05, 0) is 43.7 Å². The Hall–Kier alpha value is -2.71. The summed E-state index contributed by atoms with van der Waals surface area (Å²) in [6.07, 6.45) is 1.44. The number of aliphatic imine (C=N–C) groups is 2. The summed E-state index contributed by atoms with van der Waals surface area (Å²) >= 11 is 6.98. The molecule has 9 heteroatoms. The fourth-order valence-electron chi connectivity index (χ4n) is 3.47. The lowest BCUT2D eigenvalue weighted by atomic mass is 10.1. The molecule has 0 saturated heterocycles. The summed E-state index contributed by atoms with van der Waals surface area (Å²) < 4.78 is 14.1. The number of amides is 2. The third-order valence-corrected chi connectivity index (χ3v) is 6.31. The van der Waals surface area contributed by atoms with Gasteiger partial charge in [0.1, 0.15) is 17.7 Å². The number of nitrogens with zero attached hydrogens (tertiary/aromatic N) is 3. The van der Waals surface area contributed by atoms with Crippen molar-refractivity contribution >= 4 is 57.6 Å². The minimum atomic E-state index is -0.607. The zero-order chi connectivity index (χ0) is 22.1. The Bertz CT molecular complexity index is 1120. The molecule has 0 aliphatic carbocycles. The van der Waals surface area contributed by atoms with Crippen LogP contribution in [0.2, 0.25) is 5.02 Å². The van der Waals surface area contributed by atoms with Gasteiger partial charge in [0.2, 0.25) is 5.91 Å². The van der Waals surface area contributed by atoms with E-state index in [9.17, 15) is 14.0 Å². The highest BCUT2D eigenvalue weighted by molar-refractivity contribution is 8.14. The number of nitrogens with one attached hydrogen (secondary N) is 1. The second-order valence-corrected chi connectivity index (χ2v) is 8.98. The van der Waals surface area contributed by atoms with Gasteiger partial charge in [0.25, 0.3) is 5.91 Å². The first-order valence-corrected chi connectivity index (χ1v) is 11.2. The topological polar surface area (TPSA) is 74.1 Å². The van der Waals surface area contributed by atoms with Gasteiger partial charge in [0.15, 0.2) is 5.17 Å². The highest BCUT2D eigenvalue weighted by Gasteiger charge is 2.41. The Morgan fingerprint density at radius 1 is 1.29 bits per heavy atom. The largest absolute Gasteiger partial charge is 0.323 e. The fourth-order valence-corrected chi connectivity index (χ4v) is 4.59. The molecule has 2 amide bonds. The number of amidine groups is 2. The number of benzene rings is 2. The Balaban J connectivity index is 1.60. The lowest BCUT2D eigenvalue weighted by molar-refractivity contribution is -0.119. The molecule has 0 spiro atoms. The van der Waals surface area contributed by atoms with E-state index in [2.05, 4.69) is 10.3 Å². The lowest BCUT2D eigenvalue weighted by Crippen LogP contribution is -2.44. The SMILES string of the molecule is CCCC1C(=O)N=C2c3ccccc3N=C(SC(C)C(=O)Nc3ccc(Cl)cc3F)N21. The van der Waals surface area contributed by atoms with Crippen LogP contribution in [0.1, 0.15) is 32.3 Å². The van der Waals surface area contributed by atoms with Crippen LogP contribution in [0.15, 0.2) is 52.4 Å². The van der Waals surface area contributed by atoms with Crippen molar-refractivity contribution in [2.24, 2.45) is 9.98 Å². The second-order valence-electron chi connectivity index (χ2n) is 7.23. The number of anilines is 1. The highest BCUT2D eigenvalue weighted by Crippen LogP contribution is 2.36. The number of hydrogen-bond donors (Lipinski definition) is 1. The first-order valence-electron chi connectivity index (χ1n) is 9.91. The Morgan fingerprint density at radius 3 is 2.81 bits per heavy atom. The van der Waals surface area contributed by atoms with Crippen molar-refractivity contribution < 1.29 is 14.0 Å². The van der Waals surface area contributed by atoms with Gasteiger partial charge in [-0.3, -0.25) is 14.5 Å². The van der Waals surface area contributed by atoms with Gasteiger partial charge in [-0.25, -0.2) is 9.38 Å². The number of para-hydroxylation sites is 1. The van der Waals surface area contributed by atoms with Crippen LogP contribution in [0.5, 0.6) is 0 Å². The third-order valence-electron chi connectivity index (χ3n) is 5.01. The van der Waals surface area contributed by atoms with Gasteiger partial charge in [0, 0.05) is 10.6 Å². The number of thioether (sulfide) groups is 1. The number of hydrogen-bond acceptors (Lipinski definition) is 5. The molecule has 2 aromatic rings. The summed E-state index contributed by atoms with van der Waals surface area (Å²) in [6, 6.07) is 11.1. The summed E-state index contributed by atoms with van der Waals surface area (Å²) in [5, 5.41) is 2.77. The Morgan fingerprint density at radius 2 is 2.06 bits per heavy atom. The van der Waals surface area contributed by atoms with Crippen molar-refractivity contribution in [2.45, 2.75) is 38.0 Å². The molecule has 0 saturated carbocycles. The number of carbonyl (C=O) groups excluding carboxylic acids is 2. The van der Waals surface area contributed by atoms with E-state index in [0.29, 0.717) is 23.1 Å². The van der Waals surface area contributed by atoms with Crippen molar-refractivity contribution in [3.63, 3.8) is 0 Å². The summed E-state index contributed by atoms with van der Waals surface area (Å²) in [5.74, 6) is -0.636. The van der Waals surface area contributed by atoms with Crippen LogP contribution in [0, 0.1) is 5.82 Å². The summed E-state index contributed by atoms with van der Waals surface area (Å²) in [4.78, 5) is 36.1. The number of fused-ring (bicyclic) bond motifs is 3. The van der Waals surface area contributed by atoms with Crippen molar-refractivity contribution in [1.82, 2.24) is 4.90 Å². The molecule has 0 aromatic heterocycles. The average molecular weight is 459 g/mol. The summed E-state index contributed by atoms with van der Waals surface area (Å²) in [6.45, 7) is 3.71. The van der Waals surface area contributed by atoms with Crippen LogP contribution < -0.4 is 5.32 Å². The van der Waals surface area contributed by atoms with E-state index in [1.165, 1.54) is 23.9 Å². The first kappa shape index (κ1) is 21.5. The molecule has 2 aliphatic rings. The molecule has 0 fully saturated rings. The van der Waals surface area contributed by atoms with Crippen LogP contribution in [-0.4, -0.2) is 39.0 Å². The van der Waals surface area contributed by atoms with Crippen molar-refractivity contribution in [3.8, 4) is 0 Å². The molecular formula is C22H20ClFN4O2S. The van der Waals surface area contributed by atoms with E-state index in [0.717, 1.165) is 18.1 Å². The maximum Gasteiger partial charge on any atom is 0.270 e. The monoisotopic (exact) mass is 458 g/mol. The molecule has 2 aromatic carbocycles. The predicted octanol–water partition coefficient (Wildman–Crippen LogP) is 5.00. The van der Waals surface area contributed by atoms with Crippen LogP contribution in [0.3, 0.4) is 0 Å². The first-order chi connectivity index (χ1) is 14.9. The maximum atomic E-state index is 14.1. The molecule has 0 bridgehead atoms. The maximum absolute atomic E-state index is 14.1. The smallest absolute Gasteiger partial charge is 0.270 e. The van der Waals surface area contributed by atoms with Crippen molar-refractivity contribution in [3.05, 3.63) is 58.9 Å². The molecule has 160 valence electrons. The number of rotatable bonds is 5. The van der Waals surface area contributed by atoms with Crippen molar-refractivity contribution in [2.75, 3.05) is 5.32 Å². The van der Waals surface area contributed by atoms with E-state index < -0.39 is 17.1 Å². The van der Waals surface area contributed by atoms with E-state index >= 15 is 0 Å². The normalized spacial score (nSPS) is 18.1. The minimum absolute atomic E-state index is 0.0558. The van der Waals surface area contributed by atoms with Crippen LogP contribution in [-0.2, 0) is 9.59 Å². The fraction of sp³-hybridized carbons (Fsp3) is 0.273. The zero-order valence-electron chi connectivity index (χ0n) is 16.9. The van der Waals surface area contributed by atoms with Gasteiger partial charge >= 0.3 is 0 Å². The molecule has 2 heterocycles. The van der Waals surface area contributed by atoms with Gasteiger partial charge in [-0.2, -0.15) is 4.99 Å². The average Bonchev–Trinajstić information content (AvgIpc) is 3.07. The summed E-state index contributed by atoms with van der Waals surface area (Å²) in [5.41, 5.74) is 1.54. The van der Waals surface area contributed by atoms with E-state index in [1.807, 2.05) is 36.1 Å². The molecule has 0 radical (unpaired) electrons. The molecular weight excluding hydrogens is 439 g/mol. The molecule has 4 rings (SSSR count). The standard InChI is InChI=1S/C22H20ClFN4O2S/c1-3-6-18-21(30)27-19-14-7-4-5-8-16(14)26-22(28(18)19)31-12(2)20(29)25-17-10-9-13(23)11-15(17)24/h4-5,7-12,18H,3,6H2,1-2H3,(H,25,29). The van der Waals surface area contributed by atoms with Crippen LogP contribution in [0.4, 0.5) is 15.8 Å². The Kier molecular flexibility index (Phi) is 6.11. The highest BCUT2D eigenvalue weighted by atomic mass is 35.5. The predicted molar refractivity (Wildman–Crippen MR) is 123 cm³/mol. The molecule has 31 heavy (non-hydrogen) atoms. The van der Waals surface area contributed by atoms with Crippen LogP contribution >= 0.6 is 23.4 Å². The van der Waals surface area contributed by atoms with E-state index in [-0.39, 0.29) is 22.5 Å². The van der Waals surface area contributed by atoms with E-state index in [4.69, 9.17) is 16.6 Å². The molecule has 2 unspecified atom stereocenters. The van der Waals surface area contributed by atoms with Crippen LogP contribution in [0.25, 0.3) is 0 Å². The quantitative estimate of drug-likeness (QED) is 0.684. The van der Waals surface area contributed by atoms with Gasteiger partial charge in [-0.1, -0.05) is 48.8 Å². The van der Waals surface area contributed by atoms with Gasteiger partial charge < -0.3 is 5.32 Å². The number of carbonyl (C=O) groups is 2. The van der Waals surface area contributed by atoms with E-state index in [1.54, 1.807) is 6.92 Å². The number of halogens is 2. The minimum Gasteiger partial charge on any atom is -0.323 e. The zero-order valence-corrected chi connectivity index (χ0v) is 18.5. The molecule has 2 aliphatic heterocycles. The third kappa shape index (κ3) is 4.22. The summed E-state index contributed by atoms with van der Waals surface area (Å²) in [7, 11) is 0. The van der Waals surface area contributed by atoms with Crippen molar-refractivity contribution in [1.29, 1.82) is 0 Å². The van der Waals surface area contributed by atoms with Gasteiger partial charge in [0.05, 0.1) is 16.6 Å². The second kappa shape index (κ2) is 8.80. The molecule has 1 N–H and O–H groups in total. The molecule has 6 nitrogen and oxygen atoms in total. The Labute approximate surface area is 188 Å².